The molecule has 2 aromatic heterocycles. The Bertz CT molecular complexity index is 526. The highest BCUT2D eigenvalue weighted by Gasteiger charge is 2.30. The number of rotatable bonds is 2. The van der Waals surface area contributed by atoms with Crippen LogP contribution in [0, 0.1) is 5.92 Å². The lowest BCUT2D eigenvalue weighted by Crippen LogP contribution is -2.22. The molecule has 2 aromatic rings. The van der Waals surface area contributed by atoms with Crippen molar-refractivity contribution in [3.05, 3.63) is 23.7 Å². The van der Waals surface area contributed by atoms with Gasteiger partial charge in [0.25, 0.3) is 0 Å². The first-order valence-electron chi connectivity index (χ1n) is 5.61. The van der Waals surface area contributed by atoms with Crippen LogP contribution < -0.4 is 4.90 Å². The Morgan fingerprint density at radius 1 is 1.41 bits per heavy atom. The Kier molecular flexibility index (Phi) is 2.70. The van der Waals surface area contributed by atoms with Crippen LogP contribution in [-0.2, 0) is 0 Å². The first-order valence-corrected chi connectivity index (χ1v) is 6.49. The van der Waals surface area contributed by atoms with Crippen molar-refractivity contribution in [1.29, 1.82) is 0 Å². The summed E-state index contributed by atoms with van der Waals surface area (Å²) in [7, 11) is 0. The third-order valence-corrected chi connectivity index (χ3v) is 4.12. The summed E-state index contributed by atoms with van der Waals surface area (Å²) in [5, 5.41) is 3.09. The van der Waals surface area contributed by atoms with E-state index >= 15 is 0 Å². The summed E-state index contributed by atoms with van der Waals surface area (Å²) in [5.74, 6) is 0.345. The average molecular weight is 254 g/mol. The van der Waals surface area contributed by atoms with Crippen LogP contribution in [0.1, 0.15) is 6.42 Å². The van der Waals surface area contributed by atoms with Gasteiger partial charge in [0.2, 0.25) is 6.43 Å². The van der Waals surface area contributed by atoms with Crippen molar-refractivity contribution in [1.82, 2.24) is 4.98 Å². The summed E-state index contributed by atoms with van der Waals surface area (Å²) >= 11 is 1.65. The molecule has 0 bridgehead atoms. The van der Waals surface area contributed by atoms with Crippen LogP contribution in [0.15, 0.2) is 23.7 Å². The van der Waals surface area contributed by atoms with Gasteiger partial charge in [-0.1, -0.05) is 0 Å². The van der Waals surface area contributed by atoms with Gasteiger partial charge in [-0.3, -0.25) is 0 Å². The lowest BCUT2D eigenvalue weighted by Gasteiger charge is -2.18. The topological polar surface area (TPSA) is 16.1 Å². The predicted molar refractivity (Wildman–Crippen MR) is 65.9 cm³/mol. The predicted octanol–water partition coefficient (Wildman–Crippen LogP) is 3.39. The molecule has 0 saturated carbocycles. The minimum Gasteiger partial charge on any atom is -0.356 e. The Labute approximate surface area is 102 Å². The molecule has 0 radical (unpaired) electrons. The third kappa shape index (κ3) is 1.88. The number of pyridine rings is 1. The smallest absolute Gasteiger partial charge is 0.243 e. The van der Waals surface area contributed by atoms with Crippen LogP contribution in [0.2, 0.25) is 0 Å². The van der Waals surface area contributed by atoms with Crippen LogP contribution >= 0.6 is 11.3 Å². The number of halogens is 2. The standard InChI is InChI=1S/C12H12F2N2S/c13-11(14)8-2-5-16(7-8)12-9-3-6-17-10(9)1-4-15-12/h1,3-4,6,8,11H,2,5,7H2. The minimum absolute atomic E-state index is 0.416. The quantitative estimate of drug-likeness (QED) is 0.816. The van der Waals surface area contributed by atoms with Crippen molar-refractivity contribution in [3.63, 3.8) is 0 Å². The summed E-state index contributed by atoms with van der Waals surface area (Å²) < 4.78 is 26.4. The Balaban J connectivity index is 1.92. The highest BCUT2D eigenvalue weighted by atomic mass is 32.1. The number of aromatic nitrogens is 1. The Hall–Kier alpha value is -1.23. The largest absolute Gasteiger partial charge is 0.356 e. The van der Waals surface area contributed by atoms with E-state index in [0.717, 1.165) is 15.9 Å². The number of anilines is 1. The van der Waals surface area contributed by atoms with E-state index in [9.17, 15) is 8.78 Å². The number of fused-ring (bicyclic) bond motifs is 1. The van der Waals surface area contributed by atoms with Crippen LogP contribution in [0.3, 0.4) is 0 Å². The van der Waals surface area contributed by atoms with Gasteiger partial charge < -0.3 is 4.90 Å². The van der Waals surface area contributed by atoms with Crippen molar-refractivity contribution < 1.29 is 8.78 Å². The fourth-order valence-electron chi connectivity index (χ4n) is 2.32. The van der Waals surface area contributed by atoms with E-state index in [1.54, 1.807) is 17.5 Å². The number of hydrogen-bond donors (Lipinski definition) is 0. The van der Waals surface area contributed by atoms with Crippen LogP contribution in [0.25, 0.3) is 10.1 Å². The van der Waals surface area contributed by atoms with Gasteiger partial charge in [0.05, 0.1) is 0 Å². The maximum absolute atomic E-state index is 12.6. The SMILES string of the molecule is FC(F)C1CCN(c2nccc3sccc23)C1. The maximum Gasteiger partial charge on any atom is 0.243 e. The number of nitrogens with zero attached hydrogens (tertiary/aromatic N) is 2. The molecule has 1 fully saturated rings. The first kappa shape index (κ1) is 10.9. The molecule has 17 heavy (non-hydrogen) atoms. The van der Waals surface area contributed by atoms with E-state index in [-0.39, 0.29) is 0 Å². The van der Waals surface area contributed by atoms with Crippen LogP contribution in [0.4, 0.5) is 14.6 Å². The van der Waals surface area contributed by atoms with E-state index < -0.39 is 12.3 Å². The van der Waals surface area contributed by atoms with Gasteiger partial charge in [-0.25, -0.2) is 13.8 Å². The molecule has 2 nitrogen and oxygen atoms in total. The Morgan fingerprint density at radius 3 is 3.06 bits per heavy atom. The lowest BCUT2D eigenvalue weighted by atomic mass is 10.1. The zero-order valence-electron chi connectivity index (χ0n) is 9.14. The van der Waals surface area contributed by atoms with Crippen molar-refractivity contribution in [2.75, 3.05) is 18.0 Å². The van der Waals surface area contributed by atoms with Gasteiger partial charge >= 0.3 is 0 Å². The molecular formula is C12H12F2N2S. The molecule has 0 amide bonds. The molecule has 1 unspecified atom stereocenters. The first-order chi connectivity index (χ1) is 8.25. The fraction of sp³-hybridized carbons (Fsp3) is 0.417. The number of thiophene rings is 1. The molecule has 0 aliphatic carbocycles. The second-order valence-electron chi connectivity index (χ2n) is 4.30. The summed E-state index contributed by atoms with van der Waals surface area (Å²) in [6.07, 6.45) is 0.0886. The highest BCUT2D eigenvalue weighted by molar-refractivity contribution is 7.17. The van der Waals surface area contributed by atoms with Crippen molar-refractivity contribution in [3.8, 4) is 0 Å². The van der Waals surface area contributed by atoms with E-state index in [0.29, 0.717) is 19.5 Å². The van der Waals surface area contributed by atoms with E-state index in [2.05, 4.69) is 4.98 Å². The molecule has 1 aliphatic rings. The summed E-state index contributed by atoms with van der Waals surface area (Å²) in [6.45, 7) is 1.09. The van der Waals surface area contributed by atoms with Gasteiger partial charge in [0, 0.05) is 35.3 Å². The molecular weight excluding hydrogens is 242 g/mol. The third-order valence-electron chi connectivity index (χ3n) is 3.24. The normalized spacial score (nSPS) is 20.6. The van der Waals surface area contributed by atoms with Crippen molar-refractivity contribution in [2.24, 2.45) is 5.92 Å². The summed E-state index contributed by atoms with van der Waals surface area (Å²) in [5.41, 5.74) is 0. The second-order valence-corrected chi connectivity index (χ2v) is 5.24. The van der Waals surface area contributed by atoms with Crippen LogP contribution in [-0.4, -0.2) is 24.5 Å². The van der Waals surface area contributed by atoms with Gasteiger partial charge in [-0.15, -0.1) is 11.3 Å². The fourth-order valence-corrected chi connectivity index (χ4v) is 3.09. The maximum atomic E-state index is 12.6. The van der Waals surface area contributed by atoms with Crippen LogP contribution in [0.5, 0.6) is 0 Å². The number of hydrogen-bond acceptors (Lipinski definition) is 3. The molecule has 0 aromatic carbocycles. The minimum atomic E-state index is -2.22. The average Bonchev–Trinajstić information content (AvgIpc) is 2.97. The molecule has 0 spiro atoms. The number of alkyl halides is 2. The highest BCUT2D eigenvalue weighted by Crippen LogP contribution is 2.32. The molecule has 3 heterocycles. The molecule has 5 heteroatoms. The molecule has 3 rings (SSSR count). The zero-order valence-corrected chi connectivity index (χ0v) is 9.96. The van der Waals surface area contributed by atoms with E-state index in [1.807, 2.05) is 22.4 Å². The van der Waals surface area contributed by atoms with Gasteiger partial charge in [0.15, 0.2) is 0 Å². The van der Waals surface area contributed by atoms with E-state index in [4.69, 9.17) is 0 Å². The van der Waals surface area contributed by atoms with Gasteiger partial charge in [0.1, 0.15) is 5.82 Å². The Morgan fingerprint density at radius 2 is 2.29 bits per heavy atom. The van der Waals surface area contributed by atoms with Crippen molar-refractivity contribution >= 4 is 27.2 Å². The monoisotopic (exact) mass is 254 g/mol. The summed E-state index contributed by atoms with van der Waals surface area (Å²) in [6, 6.07) is 3.97. The zero-order chi connectivity index (χ0) is 11.8. The molecule has 1 saturated heterocycles. The lowest BCUT2D eigenvalue weighted by molar-refractivity contribution is 0.0880. The van der Waals surface area contributed by atoms with Gasteiger partial charge in [-0.05, 0) is 23.9 Å². The molecule has 1 aliphatic heterocycles. The second kappa shape index (κ2) is 4.22. The van der Waals surface area contributed by atoms with E-state index in [1.165, 1.54) is 0 Å². The van der Waals surface area contributed by atoms with Gasteiger partial charge in [-0.2, -0.15) is 0 Å². The summed E-state index contributed by atoms with van der Waals surface area (Å²) in [4.78, 5) is 6.32. The van der Waals surface area contributed by atoms with Crippen molar-refractivity contribution in [2.45, 2.75) is 12.8 Å². The molecule has 1 atom stereocenters. The molecule has 0 N–H and O–H groups in total. The molecule has 90 valence electrons.